The van der Waals surface area contributed by atoms with Crippen LogP contribution in [0.3, 0.4) is 0 Å². The van der Waals surface area contributed by atoms with Gasteiger partial charge in [0.2, 0.25) is 0 Å². The molecule has 4 heteroatoms. The van der Waals surface area contributed by atoms with Gasteiger partial charge in [-0.25, -0.2) is 0 Å². The SMILES string of the molecule is CC(C)(C)c1ccc(N(c2ccc(C(C)(C)C)cc2)c2cc3c4c(c2)N2c5c(cccc5C5(C)CCCCC25C)B4c2cccc4c2N3C2(C)CCCCC42C)cc1. The van der Waals surface area contributed by atoms with Crippen molar-refractivity contribution in [1.29, 1.82) is 0 Å². The van der Waals surface area contributed by atoms with Gasteiger partial charge in [-0.05, 0) is 125 Å². The molecule has 11 rings (SSSR count). The normalized spacial score (nSPS) is 27.4. The summed E-state index contributed by atoms with van der Waals surface area (Å²) in [6, 6.07) is 39.0. The molecule has 296 valence electrons. The number of rotatable bonds is 3. The van der Waals surface area contributed by atoms with Crippen LogP contribution >= 0.6 is 0 Å². The number of hydrogen-bond acceptors (Lipinski definition) is 3. The molecule has 0 bridgehead atoms. The van der Waals surface area contributed by atoms with Gasteiger partial charge in [-0.15, -0.1) is 0 Å². The molecule has 0 saturated heterocycles. The zero-order chi connectivity index (χ0) is 40.4. The summed E-state index contributed by atoms with van der Waals surface area (Å²) in [5.41, 5.74) is 20.2. The smallest absolute Gasteiger partial charge is 0.252 e. The monoisotopic (exact) mass is 764 g/mol. The van der Waals surface area contributed by atoms with Crippen LogP contribution in [-0.4, -0.2) is 17.8 Å². The number of para-hydroxylation sites is 2. The van der Waals surface area contributed by atoms with Crippen LogP contribution in [0.4, 0.5) is 39.8 Å². The lowest BCUT2D eigenvalue weighted by Crippen LogP contribution is -2.66. The standard InChI is InChI=1S/C54H62BN3/c1-49(2,3)35-21-25-37(26-22-35)56(38-27-23-36(24-28-38)50(4,5)6)39-33-44-46-45(34-39)58-48-41(52(8)30-12-14-32-54(52,58)10)18-16-20-43(48)55(46)42-19-15-17-40-47(42)57(44)53(9)31-13-11-29-51(40,53)7/h15-28,33-34H,11-14,29-32H2,1-10H3. The van der Waals surface area contributed by atoms with Crippen LogP contribution in [-0.2, 0) is 21.7 Å². The Morgan fingerprint density at radius 2 is 0.897 bits per heavy atom. The highest BCUT2D eigenvalue weighted by molar-refractivity contribution is 7.00. The first kappa shape index (κ1) is 36.6. The van der Waals surface area contributed by atoms with Gasteiger partial charge in [-0.2, -0.15) is 0 Å². The van der Waals surface area contributed by atoms with E-state index in [0.717, 1.165) is 0 Å². The molecule has 5 aromatic rings. The molecule has 0 spiro atoms. The van der Waals surface area contributed by atoms with Crippen LogP contribution in [0.15, 0.2) is 97.1 Å². The minimum atomic E-state index is -0.0228. The molecule has 0 amide bonds. The van der Waals surface area contributed by atoms with E-state index in [4.69, 9.17) is 0 Å². The van der Waals surface area contributed by atoms with E-state index in [0.29, 0.717) is 0 Å². The fourth-order valence-corrected chi connectivity index (χ4v) is 13.3. The molecular weight excluding hydrogens is 701 g/mol. The van der Waals surface area contributed by atoms with E-state index >= 15 is 0 Å². The van der Waals surface area contributed by atoms with E-state index in [-0.39, 0.29) is 39.5 Å². The van der Waals surface area contributed by atoms with Gasteiger partial charge >= 0.3 is 0 Å². The van der Waals surface area contributed by atoms with Crippen molar-refractivity contribution >= 4 is 62.9 Å². The van der Waals surface area contributed by atoms with Crippen molar-refractivity contribution in [1.82, 2.24) is 0 Å². The lowest BCUT2D eigenvalue weighted by molar-refractivity contribution is 0.194. The minimum absolute atomic E-state index is 0.0228. The van der Waals surface area contributed by atoms with Crippen molar-refractivity contribution in [3.63, 3.8) is 0 Å². The highest BCUT2D eigenvalue weighted by atomic mass is 15.3. The van der Waals surface area contributed by atoms with Crippen LogP contribution in [0.25, 0.3) is 0 Å². The molecule has 5 aromatic carbocycles. The lowest BCUT2D eigenvalue weighted by atomic mass is 9.33. The molecule has 4 heterocycles. The minimum Gasteiger partial charge on any atom is -0.335 e. The average molecular weight is 764 g/mol. The van der Waals surface area contributed by atoms with Crippen LogP contribution in [0.2, 0.25) is 0 Å². The summed E-state index contributed by atoms with van der Waals surface area (Å²) in [6.07, 6.45) is 10.0. The second kappa shape index (κ2) is 11.6. The summed E-state index contributed by atoms with van der Waals surface area (Å²) in [4.78, 5) is 8.39. The van der Waals surface area contributed by atoms with E-state index in [1.807, 2.05) is 0 Å². The topological polar surface area (TPSA) is 9.72 Å². The van der Waals surface area contributed by atoms with Crippen molar-refractivity contribution in [2.75, 3.05) is 14.7 Å². The second-order valence-electron chi connectivity index (χ2n) is 22.0. The maximum atomic E-state index is 2.91. The second-order valence-corrected chi connectivity index (χ2v) is 22.0. The van der Waals surface area contributed by atoms with Crippen LogP contribution in [0.5, 0.6) is 0 Å². The summed E-state index contributed by atoms with van der Waals surface area (Å²) in [5, 5.41) is 0. The maximum Gasteiger partial charge on any atom is 0.252 e. The summed E-state index contributed by atoms with van der Waals surface area (Å²) in [7, 11) is 0. The van der Waals surface area contributed by atoms with Gasteiger partial charge in [0.05, 0.1) is 16.8 Å². The molecule has 0 N–H and O–H groups in total. The first-order valence-corrected chi connectivity index (χ1v) is 22.6. The van der Waals surface area contributed by atoms with E-state index in [1.54, 1.807) is 11.1 Å². The van der Waals surface area contributed by atoms with Crippen molar-refractivity contribution < 1.29 is 0 Å². The third-order valence-electron chi connectivity index (χ3n) is 17.1. The van der Waals surface area contributed by atoms with E-state index in [1.165, 1.54) is 119 Å². The number of nitrogens with zero attached hydrogens (tertiary/aromatic N) is 3. The Balaban J connectivity index is 1.24. The first-order chi connectivity index (χ1) is 27.5. The Bertz CT molecular complexity index is 2350. The van der Waals surface area contributed by atoms with Crippen molar-refractivity contribution in [3.05, 3.63) is 119 Å². The number of hydrogen-bond donors (Lipinski definition) is 0. The summed E-state index contributed by atoms with van der Waals surface area (Å²) in [6.45, 7) is 24.6. The van der Waals surface area contributed by atoms with Crippen molar-refractivity contribution in [2.24, 2.45) is 0 Å². The van der Waals surface area contributed by atoms with Crippen molar-refractivity contribution in [2.45, 2.75) is 153 Å². The largest absolute Gasteiger partial charge is 0.335 e. The molecule has 4 unspecified atom stereocenters. The highest BCUT2D eigenvalue weighted by Gasteiger charge is 2.64. The van der Waals surface area contributed by atoms with Gasteiger partial charge < -0.3 is 14.7 Å². The lowest BCUT2D eigenvalue weighted by Gasteiger charge is -2.55. The van der Waals surface area contributed by atoms with E-state index in [2.05, 4.69) is 181 Å². The molecule has 0 radical (unpaired) electrons. The fraction of sp³-hybridized carbons (Fsp3) is 0.444. The molecule has 2 fully saturated rings. The zero-order valence-corrected chi connectivity index (χ0v) is 36.8. The zero-order valence-electron chi connectivity index (χ0n) is 36.8. The van der Waals surface area contributed by atoms with E-state index < -0.39 is 0 Å². The Hall–Kier alpha value is -4.44. The number of benzene rings is 5. The van der Waals surface area contributed by atoms with Gasteiger partial charge in [-0.1, -0.05) is 142 Å². The summed E-state index contributed by atoms with van der Waals surface area (Å²) >= 11 is 0. The third-order valence-corrected chi connectivity index (χ3v) is 17.1. The molecule has 6 aliphatic rings. The van der Waals surface area contributed by atoms with Crippen LogP contribution in [0.1, 0.15) is 143 Å². The van der Waals surface area contributed by atoms with Gasteiger partial charge in [0, 0.05) is 45.0 Å². The Labute approximate surface area is 348 Å². The average Bonchev–Trinajstić information content (AvgIpc) is 3.54. The predicted octanol–water partition coefficient (Wildman–Crippen LogP) is 12.4. The van der Waals surface area contributed by atoms with Gasteiger partial charge in [0.25, 0.3) is 6.71 Å². The Morgan fingerprint density at radius 1 is 0.500 bits per heavy atom. The van der Waals surface area contributed by atoms with Gasteiger partial charge in [-0.3, -0.25) is 0 Å². The molecule has 3 nitrogen and oxygen atoms in total. The first-order valence-electron chi connectivity index (χ1n) is 22.6. The molecule has 58 heavy (non-hydrogen) atoms. The fourth-order valence-electron chi connectivity index (χ4n) is 13.3. The quantitative estimate of drug-likeness (QED) is 0.169. The molecule has 2 aliphatic carbocycles. The molecule has 2 saturated carbocycles. The molecule has 0 aromatic heterocycles. The number of fused-ring (bicyclic) bond motifs is 10. The summed E-state index contributed by atoms with van der Waals surface area (Å²) < 4.78 is 0. The predicted molar refractivity (Wildman–Crippen MR) is 249 cm³/mol. The summed E-state index contributed by atoms with van der Waals surface area (Å²) in [5.74, 6) is 0. The van der Waals surface area contributed by atoms with Crippen LogP contribution < -0.4 is 31.1 Å². The Kier molecular flexibility index (Phi) is 7.35. The Morgan fingerprint density at radius 3 is 1.29 bits per heavy atom. The van der Waals surface area contributed by atoms with E-state index in [9.17, 15) is 0 Å². The van der Waals surface area contributed by atoms with Crippen molar-refractivity contribution in [3.8, 4) is 0 Å². The highest BCUT2D eigenvalue weighted by Crippen LogP contribution is 2.65. The molecule has 4 aliphatic heterocycles. The number of anilines is 7. The van der Waals surface area contributed by atoms with Crippen LogP contribution in [0, 0.1) is 0 Å². The van der Waals surface area contributed by atoms with Gasteiger partial charge in [0.1, 0.15) is 0 Å². The maximum absolute atomic E-state index is 2.91. The third kappa shape index (κ3) is 4.48. The molecule has 4 atom stereocenters. The van der Waals surface area contributed by atoms with Gasteiger partial charge in [0.15, 0.2) is 0 Å². The molecular formula is C54H62BN3.